The molecule has 0 atom stereocenters. The zero-order valence-corrected chi connectivity index (χ0v) is 19.9. The quantitative estimate of drug-likeness (QED) is 0.499. The second-order valence-electron chi connectivity index (χ2n) is 8.06. The zero-order chi connectivity index (χ0) is 23.9. The number of para-hydroxylation sites is 1. The van der Waals surface area contributed by atoms with E-state index in [1.165, 1.54) is 23.9 Å². The summed E-state index contributed by atoms with van der Waals surface area (Å²) in [5.41, 5.74) is 2.64. The number of anilines is 1. The number of carbonyl (C=O) groups excluding carboxylic acids is 2. The number of hydrogen-bond acceptors (Lipinski definition) is 5. The number of imidazole rings is 1. The molecule has 9 heteroatoms. The molecule has 34 heavy (non-hydrogen) atoms. The molecule has 2 heterocycles. The topological polar surface area (TPSA) is 70.5 Å². The van der Waals surface area contributed by atoms with E-state index in [2.05, 4.69) is 22.1 Å². The van der Waals surface area contributed by atoms with Gasteiger partial charge in [0.1, 0.15) is 5.82 Å². The maximum Gasteiger partial charge on any atom is 0.238 e. The Balaban J connectivity index is 1.24. The molecular formula is C25H28FN5O2S. The molecular weight excluding hydrogens is 453 g/mol. The molecule has 178 valence electrons. The van der Waals surface area contributed by atoms with Gasteiger partial charge in [-0.15, -0.1) is 0 Å². The second-order valence-corrected chi connectivity index (χ2v) is 9.01. The first kappa shape index (κ1) is 24.0. The minimum Gasteiger partial charge on any atom is -0.339 e. The van der Waals surface area contributed by atoms with Crippen molar-refractivity contribution in [3.63, 3.8) is 0 Å². The molecule has 1 aliphatic heterocycles. The van der Waals surface area contributed by atoms with Crippen molar-refractivity contribution < 1.29 is 14.0 Å². The predicted octanol–water partition coefficient (Wildman–Crippen LogP) is 3.45. The minimum atomic E-state index is -0.320. The van der Waals surface area contributed by atoms with Crippen molar-refractivity contribution in [3.05, 3.63) is 72.3 Å². The van der Waals surface area contributed by atoms with Gasteiger partial charge in [-0.2, -0.15) is 0 Å². The molecule has 1 aliphatic rings. The SMILES string of the molecule is CCc1ccccc1NC(=O)CN1CCN(C(=O)CSc2nccn2-c2cccc(F)c2)CC1. The van der Waals surface area contributed by atoms with E-state index in [-0.39, 0.29) is 23.4 Å². The average molecular weight is 482 g/mol. The Bertz CT molecular complexity index is 1140. The third kappa shape index (κ3) is 6.03. The number of thioether (sulfide) groups is 1. The third-order valence-corrected chi connectivity index (χ3v) is 6.73. The van der Waals surface area contributed by atoms with Crippen LogP contribution in [0.15, 0.2) is 66.1 Å². The lowest BCUT2D eigenvalue weighted by Gasteiger charge is -2.34. The summed E-state index contributed by atoms with van der Waals surface area (Å²) in [5, 5.41) is 3.64. The highest BCUT2D eigenvalue weighted by atomic mass is 32.2. The van der Waals surface area contributed by atoms with Gasteiger partial charge in [-0.1, -0.05) is 43.0 Å². The van der Waals surface area contributed by atoms with Crippen molar-refractivity contribution in [1.82, 2.24) is 19.4 Å². The van der Waals surface area contributed by atoms with Crippen LogP contribution in [0.3, 0.4) is 0 Å². The van der Waals surface area contributed by atoms with Crippen LogP contribution in [-0.4, -0.2) is 69.6 Å². The minimum absolute atomic E-state index is 0.0276. The molecule has 7 nitrogen and oxygen atoms in total. The van der Waals surface area contributed by atoms with E-state index >= 15 is 0 Å². The lowest BCUT2D eigenvalue weighted by atomic mass is 10.1. The van der Waals surface area contributed by atoms with Crippen LogP contribution in [0.1, 0.15) is 12.5 Å². The Morgan fingerprint density at radius 3 is 2.65 bits per heavy atom. The molecule has 0 spiro atoms. The lowest BCUT2D eigenvalue weighted by Crippen LogP contribution is -2.50. The highest BCUT2D eigenvalue weighted by Gasteiger charge is 2.23. The molecule has 1 saturated heterocycles. The normalized spacial score (nSPS) is 14.2. The van der Waals surface area contributed by atoms with Gasteiger partial charge in [0.05, 0.1) is 18.0 Å². The maximum absolute atomic E-state index is 13.6. The van der Waals surface area contributed by atoms with Crippen LogP contribution in [0, 0.1) is 5.82 Å². The van der Waals surface area contributed by atoms with Gasteiger partial charge in [-0.25, -0.2) is 9.37 Å². The molecule has 0 aliphatic carbocycles. The fourth-order valence-electron chi connectivity index (χ4n) is 3.94. The summed E-state index contributed by atoms with van der Waals surface area (Å²) in [5.74, 6) is -0.0832. The summed E-state index contributed by atoms with van der Waals surface area (Å²) in [6, 6.07) is 14.1. The number of hydrogen-bond donors (Lipinski definition) is 1. The summed E-state index contributed by atoms with van der Waals surface area (Å²) in [7, 11) is 0. The van der Waals surface area contributed by atoms with Crippen molar-refractivity contribution in [2.45, 2.75) is 18.5 Å². The zero-order valence-electron chi connectivity index (χ0n) is 19.1. The van der Waals surface area contributed by atoms with Crippen molar-refractivity contribution >= 4 is 29.3 Å². The van der Waals surface area contributed by atoms with Crippen LogP contribution in [-0.2, 0) is 16.0 Å². The van der Waals surface area contributed by atoms with E-state index in [0.29, 0.717) is 43.6 Å². The Morgan fingerprint density at radius 1 is 1.09 bits per heavy atom. The molecule has 1 N–H and O–H groups in total. The summed E-state index contributed by atoms with van der Waals surface area (Å²) in [6.45, 7) is 4.83. The highest BCUT2D eigenvalue weighted by Crippen LogP contribution is 2.22. The standard InChI is InChI=1S/C25H28FN5O2S/c1-2-19-6-3-4-9-22(19)28-23(32)17-29-12-14-30(15-13-29)24(33)18-34-25-27-10-11-31(25)21-8-5-7-20(26)16-21/h3-11,16H,2,12-15,17-18H2,1H3,(H,28,32). The van der Waals surface area contributed by atoms with Crippen molar-refractivity contribution in [1.29, 1.82) is 0 Å². The number of halogens is 1. The largest absolute Gasteiger partial charge is 0.339 e. The van der Waals surface area contributed by atoms with E-state index < -0.39 is 0 Å². The molecule has 0 bridgehead atoms. The Kier molecular flexibility index (Phi) is 7.97. The first-order chi connectivity index (χ1) is 16.5. The van der Waals surface area contributed by atoms with Gasteiger partial charge in [0.25, 0.3) is 0 Å². The smallest absolute Gasteiger partial charge is 0.238 e. The summed E-state index contributed by atoms with van der Waals surface area (Å²) in [6.07, 6.45) is 4.25. The van der Waals surface area contributed by atoms with Gasteiger partial charge < -0.3 is 10.2 Å². The van der Waals surface area contributed by atoms with Gasteiger partial charge in [0, 0.05) is 44.3 Å². The number of amides is 2. The Labute approximate surface area is 203 Å². The molecule has 0 saturated carbocycles. The van der Waals surface area contributed by atoms with Crippen LogP contribution in [0.5, 0.6) is 0 Å². The van der Waals surface area contributed by atoms with Crippen LogP contribution in [0.2, 0.25) is 0 Å². The first-order valence-electron chi connectivity index (χ1n) is 11.3. The van der Waals surface area contributed by atoms with Gasteiger partial charge in [0.15, 0.2) is 5.16 Å². The summed E-state index contributed by atoms with van der Waals surface area (Å²) >= 11 is 1.33. The van der Waals surface area contributed by atoms with Gasteiger partial charge >= 0.3 is 0 Å². The summed E-state index contributed by atoms with van der Waals surface area (Å²) < 4.78 is 15.3. The molecule has 0 unspecified atom stereocenters. The molecule has 3 aromatic rings. The number of nitrogens with zero attached hydrogens (tertiary/aromatic N) is 4. The van der Waals surface area contributed by atoms with Crippen molar-refractivity contribution in [2.24, 2.45) is 0 Å². The fourth-order valence-corrected chi connectivity index (χ4v) is 4.81. The number of carbonyl (C=O) groups is 2. The van der Waals surface area contributed by atoms with Gasteiger partial charge in [-0.3, -0.25) is 19.1 Å². The van der Waals surface area contributed by atoms with Crippen LogP contribution >= 0.6 is 11.8 Å². The van der Waals surface area contributed by atoms with Gasteiger partial charge in [-0.05, 0) is 36.2 Å². The number of piperazine rings is 1. The first-order valence-corrected chi connectivity index (χ1v) is 12.3. The van der Waals surface area contributed by atoms with Crippen LogP contribution in [0.25, 0.3) is 5.69 Å². The maximum atomic E-state index is 13.6. The van der Waals surface area contributed by atoms with Gasteiger partial charge in [0.2, 0.25) is 11.8 Å². The molecule has 0 radical (unpaired) electrons. The molecule has 4 rings (SSSR count). The van der Waals surface area contributed by atoms with Crippen molar-refractivity contribution in [3.8, 4) is 5.69 Å². The molecule has 1 fully saturated rings. The van der Waals surface area contributed by atoms with Crippen LogP contribution in [0.4, 0.5) is 10.1 Å². The number of aryl methyl sites for hydroxylation is 1. The molecule has 2 amide bonds. The highest BCUT2D eigenvalue weighted by molar-refractivity contribution is 7.99. The monoisotopic (exact) mass is 481 g/mol. The third-order valence-electron chi connectivity index (χ3n) is 5.78. The van der Waals surface area contributed by atoms with Crippen LogP contribution < -0.4 is 5.32 Å². The van der Waals surface area contributed by atoms with E-state index in [0.717, 1.165) is 17.7 Å². The predicted molar refractivity (Wildman–Crippen MR) is 132 cm³/mol. The fraction of sp³-hybridized carbons (Fsp3) is 0.320. The lowest BCUT2D eigenvalue weighted by molar-refractivity contribution is -0.130. The number of nitrogens with one attached hydrogen (secondary N) is 1. The Morgan fingerprint density at radius 2 is 1.88 bits per heavy atom. The van der Waals surface area contributed by atoms with E-state index in [9.17, 15) is 14.0 Å². The number of rotatable bonds is 8. The van der Waals surface area contributed by atoms with E-state index in [1.54, 1.807) is 29.1 Å². The number of benzene rings is 2. The van der Waals surface area contributed by atoms with E-state index in [4.69, 9.17) is 0 Å². The molecule has 1 aromatic heterocycles. The molecule has 2 aromatic carbocycles. The average Bonchev–Trinajstić information content (AvgIpc) is 3.32. The van der Waals surface area contributed by atoms with E-state index in [1.807, 2.05) is 29.2 Å². The second kappa shape index (κ2) is 11.3. The summed E-state index contributed by atoms with van der Waals surface area (Å²) in [4.78, 5) is 33.4. The Hall–Kier alpha value is -3.17. The van der Waals surface area contributed by atoms with Crippen molar-refractivity contribution in [2.75, 3.05) is 43.8 Å². The number of aromatic nitrogens is 2.